The number of hydrogen-bond acceptors (Lipinski definition) is 10. The van der Waals surface area contributed by atoms with Crippen LogP contribution in [-0.4, -0.2) is 39.9 Å². The summed E-state index contributed by atoms with van der Waals surface area (Å²) in [5.74, 6) is 0. The van der Waals surface area contributed by atoms with Gasteiger partial charge in [0.2, 0.25) is 0 Å². The van der Waals surface area contributed by atoms with Gasteiger partial charge < -0.3 is 9.80 Å². The van der Waals surface area contributed by atoms with Crippen LogP contribution < -0.4 is 9.80 Å². The van der Waals surface area contributed by atoms with Crippen molar-refractivity contribution < 1.29 is 0 Å². The van der Waals surface area contributed by atoms with E-state index in [0.29, 0.717) is 0 Å². The summed E-state index contributed by atoms with van der Waals surface area (Å²) in [6.07, 6.45) is 20.8. The van der Waals surface area contributed by atoms with E-state index < -0.39 is 0 Å². The molecule has 0 saturated carbocycles. The Kier molecular flexibility index (Phi) is 7.32. The quantitative estimate of drug-likeness (QED) is 0.161. The summed E-state index contributed by atoms with van der Waals surface area (Å²) in [4.78, 5) is 39.5. The third-order valence-corrected chi connectivity index (χ3v) is 9.17. The second kappa shape index (κ2) is 11.8. The molecule has 0 spiro atoms. The van der Waals surface area contributed by atoms with Crippen molar-refractivity contribution in [2.45, 2.75) is 52.4 Å². The number of hydrogen-bond donors (Lipinski definition) is 0. The Labute approximate surface area is 290 Å². The zero-order valence-electron chi connectivity index (χ0n) is 28.9. The highest BCUT2D eigenvalue weighted by atomic mass is 15.2. The van der Waals surface area contributed by atoms with Crippen LogP contribution >= 0.6 is 0 Å². The number of anilines is 6. The Morgan fingerprint density at radius 2 is 0.640 bits per heavy atom. The number of nitrogens with zero attached hydrogens (tertiary/aromatic N) is 10. The Morgan fingerprint density at radius 1 is 0.380 bits per heavy atom. The third-order valence-electron chi connectivity index (χ3n) is 9.17. The van der Waals surface area contributed by atoms with Gasteiger partial charge in [0.25, 0.3) is 0 Å². The van der Waals surface area contributed by atoms with Crippen molar-refractivity contribution in [3.63, 3.8) is 0 Å². The molecule has 0 aliphatic heterocycles. The van der Waals surface area contributed by atoms with Crippen molar-refractivity contribution in [1.29, 1.82) is 0 Å². The fraction of sp³-hybridized carbons (Fsp3) is 0.200. The molecule has 0 aliphatic carbocycles. The van der Waals surface area contributed by atoms with Crippen molar-refractivity contribution >= 4 is 66.4 Å². The van der Waals surface area contributed by atoms with E-state index in [1.165, 1.54) is 32.7 Å². The molecule has 0 radical (unpaired) electrons. The summed E-state index contributed by atoms with van der Waals surface area (Å²) in [7, 11) is 0. The minimum Gasteiger partial charge on any atom is -0.304 e. The first kappa shape index (κ1) is 31.1. The summed E-state index contributed by atoms with van der Waals surface area (Å²) >= 11 is 0. The molecule has 0 atom stereocenters. The lowest BCUT2D eigenvalue weighted by Gasteiger charge is -2.33. The normalized spacial score (nSPS) is 12.2. The van der Waals surface area contributed by atoms with Gasteiger partial charge in [-0.2, -0.15) is 0 Å². The van der Waals surface area contributed by atoms with Crippen LogP contribution in [0, 0.1) is 0 Å². The molecule has 0 unspecified atom stereocenters. The first-order valence-corrected chi connectivity index (χ1v) is 16.5. The molecule has 4 aromatic heterocycles. The number of aromatic nitrogens is 8. The van der Waals surface area contributed by atoms with Crippen LogP contribution in [0.5, 0.6) is 0 Å². The summed E-state index contributed by atoms with van der Waals surface area (Å²) in [5.41, 5.74) is 7.31. The fourth-order valence-corrected chi connectivity index (χ4v) is 7.05. The van der Waals surface area contributed by atoms with Gasteiger partial charge >= 0.3 is 0 Å². The summed E-state index contributed by atoms with van der Waals surface area (Å²) in [6.45, 7) is 13.6. The maximum absolute atomic E-state index is 4.40. The van der Waals surface area contributed by atoms with Crippen molar-refractivity contribution in [2.24, 2.45) is 0 Å². The van der Waals surface area contributed by atoms with E-state index in [1.54, 1.807) is 25.3 Å². The van der Waals surface area contributed by atoms with Crippen molar-refractivity contribution in [3.05, 3.63) is 122 Å². The van der Waals surface area contributed by atoms with Crippen LogP contribution in [0.3, 0.4) is 0 Å². The minimum absolute atomic E-state index is 0.187. The molecule has 50 heavy (non-hydrogen) atoms. The molecule has 0 bridgehead atoms. The molecule has 0 fully saturated rings. The molecule has 10 heteroatoms. The Hall–Kier alpha value is -6.16. The van der Waals surface area contributed by atoms with E-state index in [-0.39, 0.29) is 10.8 Å². The van der Waals surface area contributed by atoms with Crippen LogP contribution in [0.2, 0.25) is 0 Å². The van der Waals surface area contributed by atoms with Crippen LogP contribution in [0.25, 0.3) is 32.3 Å². The van der Waals surface area contributed by atoms with Crippen molar-refractivity contribution in [3.8, 4) is 0 Å². The van der Waals surface area contributed by atoms with Gasteiger partial charge in [0.05, 0.1) is 83.7 Å². The molecule has 8 rings (SSSR count). The van der Waals surface area contributed by atoms with E-state index in [0.717, 1.165) is 44.9 Å². The highest BCUT2D eigenvalue weighted by Gasteiger charge is 2.29. The van der Waals surface area contributed by atoms with E-state index >= 15 is 0 Å². The molecule has 0 N–H and O–H groups in total. The van der Waals surface area contributed by atoms with E-state index in [1.807, 2.05) is 49.6 Å². The summed E-state index contributed by atoms with van der Waals surface area (Å²) in [6, 6.07) is 13.7. The van der Waals surface area contributed by atoms with Gasteiger partial charge in [-0.1, -0.05) is 65.8 Å². The van der Waals surface area contributed by atoms with Crippen LogP contribution in [-0.2, 0) is 10.8 Å². The highest BCUT2D eigenvalue weighted by Crippen LogP contribution is 2.51. The zero-order chi connectivity index (χ0) is 34.6. The van der Waals surface area contributed by atoms with E-state index in [2.05, 4.69) is 128 Å². The Bertz CT molecular complexity index is 2190. The maximum atomic E-state index is 4.40. The van der Waals surface area contributed by atoms with Gasteiger partial charge in [0, 0.05) is 10.8 Å². The molecule has 4 aromatic carbocycles. The molecule has 0 amide bonds. The van der Waals surface area contributed by atoms with E-state index in [4.69, 9.17) is 0 Å². The lowest BCUT2D eigenvalue weighted by molar-refractivity contribution is 0.595. The van der Waals surface area contributed by atoms with Gasteiger partial charge in [-0.15, -0.1) is 0 Å². The van der Waals surface area contributed by atoms with Gasteiger partial charge in [0.15, 0.2) is 0 Å². The van der Waals surface area contributed by atoms with E-state index in [9.17, 15) is 0 Å². The molecule has 10 nitrogen and oxygen atoms in total. The predicted octanol–water partition coefficient (Wildman–Crippen LogP) is 9.28. The molecule has 4 heterocycles. The predicted molar refractivity (Wildman–Crippen MR) is 199 cm³/mol. The smallest absolute Gasteiger partial charge is 0.115 e. The molecule has 246 valence electrons. The molecule has 8 aromatic rings. The molecular formula is C40H36N10. The van der Waals surface area contributed by atoms with Gasteiger partial charge in [-0.25, -0.2) is 39.9 Å². The topological polar surface area (TPSA) is 110 Å². The standard InChI is InChI=1S/C40H36N10/c1-39(2,3)33-11-35(49(25-13-41-21-42-14-25)26-15-43-22-44-16-26)31-10-8-30-34(40(4,5)6)12-36(32-9-7-29(33)37(31)38(30)32)50(27-17-45-23-46-18-27)28-19-47-24-48-20-28/h7-24H,1-6H3. The SMILES string of the molecule is CC(C)(C)c1cc(N(c2cncnc2)c2cncnc2)c2ccc3c(C(C)(C)C)cc(N(c4cncnc4)c4cncnc4)c4ccc1c2c43. The van der Waals surface area contributed by atoms with Gasteiger partial charge in [-0.05, 0) is 55.6 Å². The minimum atomic E-state index is -0.187. The molecular weight excluding hydrogens is 621 g/mol. The van der Waals surface area contributed by atoms with Crippen LogP contribution in [0.1, 0.15) is 52.7 Å². The second-order valence-electron chi connectivity index (χ2n) is 14.5. The number of rotatable bonds is 6. The number of benzene rings is 4. The third kappa shape index (κ3) is 5.20. The Morgan fingerprint density at radius 3 is 0.900 bits per heavy atom. The summed E-state index contributed by atoms with van der Waals surface area (Å²) < 4.78 is 0. The van der Waals surface area contributed by atoms with Crippen LogP contribution in [0.4, 0.5) is 34.1 Å². The first-order valence-electron chi connectivity index (χ1n) is 16.5. The average molecular weight is 657 g/mol. The zero-order valence-corrected chi connectivity index (χ0v) is 28.9. The lowest BCUT2D eigenvalue weighted by Crippen LogP contribution is -2.18. The summed E-state index contributed by atoms with van der Waals surface area (Å²) in [5, 5.41) is 6.96. The molecule has 0 aliphatic rings. The monoisotopic (exact) mass is 656 g/mol. The van der Waals surface area contributed by atoms with Gasteiger partial charge in [-0.3, -0.25) is 0 Å². The van der Waals surface area contributed by atoms with Gasteiger partial charge in [0.1, 0.15) is 25.3 Å². The first-order chi connectivity index (χ1) is 24.1. The van der Waals surface area contributed by atoms with Crippen LogP contribution in [0.15, 0.2) is 111 Å². The van der Waals surface area contributed by atoms with Crippen molar-refractivity contribution in [1.82, 2.24) is 39.9 Å². The largest absolute Gasteiger partial charge is 0.304 e. The maximum Gasteiger partial charge on any atom is 0.115 e. The van der Waals surface area contributed by atoms with Crippen molar-refractivity contribution in [2.75, 3.05) is 9.80 Å². The lowest BCUT2D eigenvalue weighted by atomic mass is 9.77. The fourth-order valence-electron chi connectivity index (χ4n) is 7.05. The Balaban J connectivity index is 1.56. The average Bonchev–Trinajstić information content (AvgIpc) is 3.12. The highest BCUT2D eigenvalue weighted by molar-refractivity contribution is 6.29. The second-order valence-corrected chi connectivity index (χ2v) is 14.5. The molecule has 0 saturated heterocycles.